The summed E-state index contributed by atoms with van der Waals surface area (Å²) in [4.78, 5) is 0. The van der Waals surface area contributed by atoms with Gasteiger partial charge in [0.15, 0.2) is 30.4 Å². The molecule has 0 aromatic heterocycles. The Labute approximate surface area is 142 Å². The summed E-state index contributed by atoms with van der Waals surface area (Å²) in [6, 6.07) is 9.58. The summed E-state index contributed by atoms with van der Waals surface area (Å²) in [7, 11) is 0. The zero-order chi connectivity index (χ0) is 17.4. The first-order valence-corrected chi connectivity index (χ1v) is 8.24. The smallest absolute Gasteiger partial charge is 0.183 e. The first kappa shape index (κ1) is 17.4. The second-order valence-electron chi connectivity index (χ2n) is 7.14. The van der Waals surface area contributed by atoms with Gasteiger partial charge in [0, 0.05) is 5.56 Å². The average Bonchev–Trinajstić information content (AvgIpc) is 2.75. The molecule has 0 bridgehead atoms. The van der Waals surface area contributed by atoms with Crippen molar-refractivity contribution in [1.29, 1.82) is 0 Å². The Bertz CT molecular complexity index is 599. The summed E-state index contributed by atoms with van der Waals surface area (Å²) in [5.74, 6) is -1.53. The van der Waals surface area contributed by atoms with Crippen LogP contribution in [-0.4, -0.2) is 47.4 Å². The highest BCUT2D eigenvalue weighted by Crippen LogP contribution is 2.35. The fourth-order valence-electron chi connectivity index (χ4n) is 3.08. The van der Waals surface area contributed by atoms with Crippen molar-refractivity contribution in [3.05, 3.63) is 41.1 Å². The lowest BCUT2D eigenvalue weighted by Gasteiger charge is -2.28. The molecule has 0 radical (unpaired) electrons. The number of hydrogen-bond donors (Lipinski definition) is 0. The van der Waals surface area contributed by atoms with Crippen molar-refractivity contribution in [1.82, 2.24) is 0 Å². The van der Waals surface area contributed by atoms with E-state index in [-0.39, 0.29) is 18.8 Å². The fourth-order valence-corrected chi connectivity index (χ4v) is 3.08. The van der Waals surface area contributed by atoms with Gasteiger partial charge in [0.05, 0.1) is 6.61 Å². The summed E-state index contributed by atoms with van der Waals surface area (Å²) in [6.45, 7) is 7.97. The molecule has 2 aliphatic heterocycles. The summed E-state index contributed by atoms with van der Waals surface area (Å²) in [5, 5.41) is 12.4. The van der Waals surface area contributed by atoms with Crippen LogP contribution in [0.25, 0.3) is 0 Å². The molecule has 1 aromatic rings. The Morgan fingerprint density at radius 2 is 1.79 bits per heavy atom. The Morgan fingerprint density at radius 1 is 1.08 bits per heavy atom. The molecule has 2 heterocycles. The standard InChI is InChI=1S/C18H25NO5/c1-17(2)21-12-15-16(24-18(3,4)23-15)14(22-17)11-19(20)10-13-8-6-5-7-9-13/h5-9,11,14-16H,10,12H2,1-4H3/b19-11-/t14-,15+,16-/m0/s1. The molecule has 132 valence electrons. The van der Waals surface area contributed by atoms with Gasteiger partial charge in [-0.25, -0.2) is 4.74 Å². The molecule has 3 atom stereocenters. The summed E-state index contributed by atoms with van der Waals surface area (Å²) < 4.78 is 24.5. The molecule has 0 amide bonds. The highest BCUT2D eigenvalue weighted by molar-refractivity contribution is 5.59. The maximum atomic E-state index is 12.4. The van der Waals surface area contributed by atoms with E-state index in [0.717, 1.165) is 10.3 Å². The maximum Gasteiger partial charge on any atom is 0.183 e. The molecular formula is C18H25NO5. The van der Waals surface area contributed by atoms with E-state index in [2.05, 4.69) is 0 Å². The second kappa shape index (κ2) is 6.44. The van der Waals surface area contributed by atoms with Crippen molar-refractivity contribution >= 4 is 6.21 Å². The summed E-state index contributed by atoms with van der Waals surface area (Å²) in [6.07, 6.45) is 0.323. The predicted octanol–water partition coefficient (Wildman–Crippen LogP) is 2.44. The van der Waals surface area contributed by atoms with Crippen LogP contribution in [0.2, 0.25) is 0 Å². The lowest BCUT2D eigenvalue weighted by Crippen LogP contribution is -2.42. The topological polar surface area (TPSA) is 63.0 Å². The van der Waals surface area contributed by atoms with Gasteiger partial charge in [-0.05, 0) is 27.7 Å². The normalized spacial score (nSPS) is 32.2. The van der Waals surface area contributed by atoms with Crippen molar-refractivity contribution in [2.45, 2.75) is 64.1 Å². The van der Waals surface area contributed by atoms with Crippen LogP contribution < -0.4 is 0 Å². The molecule has 2 saturated heterocycles. The second-order valence-corrected chi connectivity index (χ2v) is 7.14. The van der Waals surface area contributed by atoms with E-state index in [1.54, 1.807) is 0 Å². The van der Waals surface area contributed by atoms with Crippen LogP contribution in [-0.2, 0) is 25.5 Å². The van der Waals surface area contributed by atoms with E-state index >= 15 is 0 Å². The highest BCUT2D eigenvalue weighted by atomic mass is 16.8. The van der Waals surface area contributed by atoms with Crippen LogP contribution in [0.5, 0.6) is 0 Å². The molecule has 1 aromatic carbocycles. The minimum Gasteiger partial charge on any atom is -0.624 e. The van der Waals surface area contributed by atoms with E-state index in [1.807, 2.05) is 58.0 Å². The Balaban J connectivity index is 1.80. The summed E-state index contributed by atoms with van der Waals surface area (Å²) >= 11 is 0. The van der Waals surface area contributed by atoms with E-state index in [1.165, 1.54) is 6.21 Å². The van der Waals surface area contributed by atoms with Gasteiger partial charge in [-0.15, -0.1) is 0 Å². The Hall–Kier alpha value is -1.47. The van der Waals surface area contributed by atoms with Gasteiger partial charge in [0.25, 0.3) is 0 Å². The van der Waals surface area contributed by atoms with Gasteiger partial charge >= 0.3 is 0 Å². The van der Waals surface area contributed by atoms with Crippen LogP contribution in [0.4, 0.5) is 0 Å². The van der Waals surface area contributed by atoms with Gasteiger partial charge in [-0.1, -0.05) is 30.3 Å². The molecule has 6 nitrogen and oxygen atoms in total. The maximum absolute atomic E-state index is 12.4. The van der Waals surface area contributed by atoms with Gasteiger partial charge in [0.1, 0.15) is 12.2 Å². The molecule has 0 saturated carbocycles. The number of ether oxygens (including phenoxy) is 4. The molecule has 24 heavy (non-hydrogen) atoms. The SMILES string of the molecule is CC1(C)OC[C@H]2OC(C)(C)O[C@H]2[C@H](/C=[N+](\[O-])Cc2ccccc2)O1. The molecule has 0 spiro atoms. The van der Waals surface area contributed by atoms with E-state index in [4.69, 9.17) is 18.9 Å². The van der Waals surface area contributed by atoms with Crippen molar-refractivity contribution in [3.63, 3.8) is 0 Å². The largest absolute Gasteiger partial charge is 0.624 e. The zero-order valence-electron chi connectivity index (χ0n) is 14.6. The van der Waals surface area contributed by atoms with Crippen molar-refractivity contribution < 1.29 is 23.7 Å². The number of hydrogen-bond acceptors (Lipinski definition) is 5. The van der Waals surface area contributed by atoms with Crippen LogP contribution >= 0.6 is 0 Å². The lowest BCUT2D eigenvalue weighted by molar-refractivity contribution is -0.474. The number of rotatable bonds is 3. The van der Waals surface area contributed by atoms with E-state index in [9.17, 15) is 5.21 Å². The first-order chi connectivity index (χ1) is 11.2. The van der Waals surface area contributed by atoms with Crippen LogP contribution in [0, 0.1) is 5.21 Å². The fraction of sp³-hybridized carbons (Fsp3) is 0.611. The monoisotopic (exact) mass is 335 g/mol. The number of benzene rings is 1. The number of nitrogens with zero attached hydrogens (tertiary/aromatic N) is 1. The number of hydroxylamine groups is 1. The first-order valence-electron chi connectivity index (χ1n) is 8.24. The predicted molar refractivity (Wildman–Crippen MR) is 88.6 cm³/mol. The Kier molecular flexibility index (Phi) is 4.66. The van der Waals surface area contributed by atoms with Crippen molar-refractivity contribution in [2.24, 2.45) is 0 Å². The molecule has 0 aliphatic carbocycles. The molecule has 6 heteroatoms. The third-order valence-corrected chi connectivity index (χ3v) is 4.05. The van der Waals surface area contributed by atoms with Crippen LogP contribution in [0.15, 0.2) is 30.3 Å². The highest BCUT2D eigenvalue weighted by Gasteiger charge is 2.50. The van der Waals surface area contributed by atoms with E-state index in [0.29, 0.717) is 6.61 Å². The third-order valence-electron chi connectivity index (χ3n) is 4.05. The Morgan fingerprint density at radius 3 is 2.50 bits per heavy atom. The van der Waals surface area contributed by atoms with Gasteiger partial charge < -0.3 is 24.2 Å². The minimum absolute atomic E-state index is 0.254. The average molecular weight is 335 g/mol. The molecule has 2 aliphatic rings. The van der Waals surface area contributed by atoms with Crippen LogP contribution in [0.3, 0.4) is 0 Å². The third kappa shape index (κ3) is 4.13. The molecular weight excluding hydrogens is 310 g/mol. The van der Waals surface area contributed by atoms with E-state index < -0.39 is 17.7 Å². The van der Waals surface area contributed by atoms with Crippen LogP contribution in [0.1, 0.15) is 33.3 Å². The summed E-state index contributed by atoms with van der Waals surface area (Å²) in [5.41, 5.74) is 0.938. The quantitative estimate of drug-likeness (QED) is 0.367. The van der Waals surface area contributed by atoms with Gasteiger partial charge in [-0.2, -0.15) is 0 Å². The zero-order valence-corrected chi connectivity index (χ0v) is 14.6. The minimum atomic E-state index is -0.810. The molecule has 3 rings (SSSR count). The number of fused-ring (bicyclic) bond motifs is 1. The molecule has 2 fully saturated rings. The van der Waals surface area contributed by atoms with Gasteiger partial charge in [-0.3, -0.25) is 0 Å². The molecule has 0 unspecified atom stereocenters. The van der Waals surface area contributed by atoms with Crippen molar-refractivity contribution in [3.8, 4) is 0 Å². The van der Waals surface area contributed by atoms with Gasteiger partial charge in [0.2, 0.25) is 0 Å². The molecule has 0 N–H and O–H groups in total. The lowest BCUT2D eigenvalue weighted by atomic mass is 10.1. The van der Waals surface area contributed by atoms with Crippen molar-refractivity contribution in [2.75, 3.05) is 6.61 Å².